The van der Waals surface area contributed by atoms with Crippen LogP contribution in [-0.2, 0) is 6.54 Å². The zero-order chi connectivity index (χ0) is 12.5. The molecule has 1 aliphatic rings. The second-order valence-electron chi connectivity index (χ2n) is 4.48. The first-order chi connectivity index (χ1) is 8.70. The molecule has 0 atom stereocenters. The van der Waals surface area contributed by atoms with Gasteiger partial charge in [0.25, 0.3) is 5.89 Å². The molecule has 3 rings (SSSR count). The lowest BCUT2D eigenvalue weighted by atomic mass is 10.1. The fraction of sp³-hybridized carbons (Fsp3) is 0.333. The average Bonchev–Trinajstić information content (AvgIpc) is 2.77. The fourth-order valence-electron chi connectivity index (χ4n) is 1.97. The van der Waals surface area contributed by atoms with Gasteiger partial charge >= 0.3 is 0 Å². The number of hydrogen-bond donors (Lipinski definition) is 1. The number of benzene rings is 1. The van der Waals surface area contributed by atoms with Crippen LogP contribution >= 0.6 is 11.6 Å². The minimum Gasteiger partial charge on any atom is -0.334 e. The Hall–Kier alpha value is -1.43. The van der Waals surface area contributed by atoms with E-state index in [2.05, 4.69) is 15.0 Å². The molecule has 18 heavy (non-hydrogen) atoms. The Morgan fingerprint density at radius 2 is 2.06 bits per heavy atom. The first-order valence-corrected chi connectivity index (χ1v) is 6.15. The summed E-state index contributed by atoms with van der Waals surface area (Å²) >= 11 is 5.83. The molecule has 2 aromatic rings. The fourth-order valence-corrected chi connectivity index (χ4v) is 2.09. The number of likely N-dealkylation sites (tertiary alicyclic amines) is 1. The van der Waals surface area contributed by atoms with Crippen molar-refractivity contribution in [2.45, 2.75) is 12.6 Å². The summed E-state index contributed by atoms with van der Waals surface area (Å²) in [6.07, 6.45) is 0. The molecule has 0 radical (unpaired) electrons. The summed E-state index contributed by atoms with van der Waals surface area (Å²) < 4.78 is 5.22. The van der Waals surface area contributed by atoms with Crippen molar-refractivity contribution in [3.8, 4) is 11.5 Å². The summed E-state index contributed by atoms with van der Waals surface area (Å²) in [5.41, 5.74) is 6.59. The summed E-state index contributed by atoms with van der Waals surface area (Å²) in [5.74, 6) is 1.21. The van der Waals surface area contributed by atoms with Gasteiger partial charge in [-0.15, -0.1) is 0 Å². The Balaban J connectivity index is 1.71. The van der Waals surface area contributed by atoms with Gasteiger partial charge in [0.05, 0.1) is 6.54 Å². The van der Waals surface area contributed by atoms with E-state index >= 15 is 0 Å². The third-order valence-electron chi connectivity index (χ3n) is 2.91. The highest BCUT2D eigenvalue weighted by molar-refractivity contribution is 6.30. The molecule has 1 saturated heterocycles. The van der Waals surface area contributed by atoms with Crippen LogP contribution in [0.2, 0.25) is 5.02 Å². The molecule has 94 valence electrons. The molecule has 0 bridgehead atoms. The van der Waals surface area contributed by atoms with Crippen LogP contribution in [0.15, 0.2) is 28.8 Å². The van der Waals surface area contributed by atoms with Gasteiger partial charge < -0.3 is 10.3 Å². The monoisotopic (exact) mass is 264 g/mol. The molecule has 1 aromatic heterocycles. The smallest absolute Gasteiger partial charge is 0.257 e. The van der Waals surface area contributed by atoms with Gasteiger partial charge in [-0.25, -0.2) is 0 Å². The van der Waals surface area contributed by atoms with E-state index in [0.29, 0.717) is 23.3 Å². The number of halogens is 1. The van der Waals surface area contributed by atoms with Crippen molar-refractivity contribution in [1.82, 2.24) is 15.0 Å². The van der Waals surface area contributed by atoms with Gasteiger partial charge in [-0.2, -0.15) is 4.98 Å². The van der Waals surface area contributed by atoms with Gasteiger partial charge in [-0.05, 0) is 24.3 Å². The first kappa shape index (κ1) is 11.6. The molecule has 1 aromatic carbocycles. The van der Waals surface area contributed by atoms with Crippen LogP contribution in [0.1, 0.15) is 5.82 Å². The molecule has 0 unspecified atom stereocenters. The van der Waals surface area contributed by atoms with Gasteiger partial charge in [0.15, 0.2) is 5.82 Å². The molecular weight excluding hydrogens is 252 g/mol. The maximum absolute atomic E-state index is 5.83. The Labute approximate surface area is 110 Å². The van der Waals surface area contributed by atoms with Crippen molar-refractivity contribution in [1.29, 1.82) is 0 Å². The molecule has 0 saturated carbocycles. The second kappa shape index (κ2) is 4.68. The Morgan fingerprint density at radius 1 is 1.33 bits per heavy atom. The number of aromatic nitrogens is 2. The van der Waals surface area contributed by atoms with Crippen LogP contribution in [0.25, 0.3) is 11.5 Å². The van der Waals surface area contributed by atoms with Crippen LogP contribution in [0, 0.1) is 0 Å². The van der Waals surface area contributed by atoms with Gasteiger partial charge in [0, 0.05) is 29.7 Å². The van der Waals surface area contributed by atoms with E-state index in [1.165, 1.54) is 0 Å². The highest BCUT2D eigenvalue weighted by Crippen LogP contribution is 2.20. The summed E-state index contributed by atoms with van der Waals surface area (Å²) in [6, 6.07) is 7.61. The van der Waals surface area contributed by atoms with Crippen LogP contribution in [-0.4, -0.2) is 34.2 Å². The van der Waals surface area contributed by atoms with E-state index in [0.717, 1.165) is 18.7 Å². The number of nitrogens with two attached hydrogens (primary N) is 1. The molecule has 1 aliphatic heterocycles. The van der Waals surface area contributed by atoms with E-state index in [1.54, 1.807) is 12.1 Å². The number of rotatable bonds is 3. The molecule has 1 fully saturated rings. The second-order valence-corrected chi connectivity index (χ2v) is 4.91. The molecule has 2 N–H and O–H groups in total. The minimum absolute atomic E-state index is 0.285. The van der Waals surface area contributed by atoms with E-state index in [9.17, 15) is 0 Å². The molecule has 5 nitrogen and oxygen atoms in total. The van der Waals surface area contributed by atoms with Crippen LogP contribution in [0.4, 0.5) is 0 Å². The quantitative estimate of drug-likeness (QED) is 0.911. The summed E-state index contributed by atoms with van der Waals surface area (Å²) in [6.45, 7) is 2.47. The molecule has 6 heteroatoms. The van der Waals surface area contributed by atoms with Crippen molar-refractivity contribution in [3.63, 3.8) is 0 Å². The predicted molar refractivity (Wildman–Crippen MR) is 68.0 cm³/mol. The highest BCUT2D eigenvalue weighted by Gasteiger charge is 2.24. The number of nitrogens with zero attached hydrogens (tertiary/aromatic N) is 3. The maximum atomic E-state index is 5.83. The first-order valence-electron chi connectivity index (χ1n) is 5.77. The van der Waals surface area contributed by atoms with Crippen molar-refractivity contribution in [3.05, 3.63) is 35.1 Å². The van der Waals surface area contributed by atoms with E-state index in [-0.39, 0.29) is 6.04 Å². The lowest BCUT2D eigenvalue weighted by Gasteiger charge is -2.35. The van der Waals surface area contributed by atoms with Crippen LogP contribution in [0.5, 0.6) is 0 Å². The van der Waals surface area contributed by atoms with E-state index < -0.39 is 0 Å². The van der Waals surface area contributed by atoms with Gasteiger partial charge in [-0.1, -0.05) is 16.8 Å². The number of hydrogen-bond acceptors (Lipinski definition) is 5. The van der Waals surface area contributed by atoms with Crippen molar-refractivity contribution in [2.75, 3.05) is 13.1 Å². The van der Waals surface area contributed by atoms with Crippen molar-refractivity contribution < 1.29 is 4.52 Å². The lowest BCUT2D eigenvalue weighted by Crippen LogP contribution is -2.55. The Bertz CT molecular complexity index is 533. The third kappa shape index (κ3) is 2.38. The molecule has 0 amide bonds. The van der Waals surface area contributed by atoms with E-state index in [4.69, 9.17) is 21.9 Å². The topological polar surface area (TPSA) is 68.2 Å². The SMILES string of the molecule is NC1CN(Cc2noc(-c3ccc(Cl)cc3)n2)C1. The zero-order valence-electron chi connectivity index (χ0n) is 9.71. The summed E-state index contributed by atoms with van der Waals surface area (Å²) in [7, 11) is 0. The average molecular weight is 265 g/mol. The molecule has 0 spiro atoms. The van der Waals surface area contributed by atoms with Crippen LogP contribution in [0.3, 0.4) is 0 Å². The third-order valence-corrected chi connectivity index (χ3v) is 3.16. The van der Waals surface area contributed by atoms with Gasteiger partial charge in [0.2, 0.25) is 0 Å². The molecule has 0 aliphatic carbocycles. The van der Waals surface area contributed by atoms with Crippen molar-refractivity contribution in [2.24, 2.45) is 5.73 Å². The molecule has 2 heterocycles. The molecular formula is C12H13ClN4O. The standard InChI is InChI=1S/C12H13ClN4O/c13-9-3-1-8(2-4-9)12-15-11(16-18-12)7-17-5-10(14)6-17/h1-4,10H,5-7,14H2. The van der Waals surface area contributed by atoms with Crippen molar-refractivity contribution >= 4 is 11.6 Å². The van der Waals surface area contributed by atoms with E-state index in [1.807, 2.05) is 12.1 Å². The summed E-state index contributed by atoms with van der Waals surface area (Å²) in [5, 5.41) is 4.65. The highest BCUT2D eigenvalue weighted by atomic mass is 35.5. The largest absolute Gasteiger partial charge is 0.334 e. The van der Waals surface area contributed by atoms with Gasteiger partial charge in [0.1, 0.15) is 0 Å². The predicted octanol–water partition coefficient (Wildman–Crippen LogP) is 1.53. The minimum atomic E-state index is 0.285. The zero-order valence-corrected chi connectivity index (χ0v) is 10.5. The van der Waals surface area contributed by atoms with Gasteiger partial charge in [-0.3, -0.25) is 4.90 Å². The lowest BCUT2D eigenvalue weighted by molar-refractivity contribution is 0.137. The Morgan fingerprint density at radius 3 is 2.72 bits per heavy atom. The summed E-state index contributed by atoms with van der Waals surface area (Å²) in [4.78, 5) is 6.54. The Kier molecular flexibility index (Phi) is 3.03. The normalized spacial score (nSPS) is 16.8. The van der Waals surface area contributed by atoms with Crippen LogP contribution < -0.4 is 5.73 Å². The maximum Gasteiger partial charge on any atom is 0.257 e.